The van der Waals surface area contributed by atoms with Crippen LogP contribution in [0.25, 0.3) is 16.9 Å². The van der Waals surface area contributed by atoms with Gasteiger partial charge in [0.2, 0.25) is 5.95 Å². The molecule has 1 aliphatic rings. The van der Waals surface area contributed by atoms with Crippen LogP contribution in [0, 0.1) is 18.3 Å². The van der Waals surface area contributed by atoms with Crippen LogP contribution in [0.4, 0.5) is 5.95 Å². The summed E-state index contributed by atoms with van der Waals surface area (Å²) < 4.78 is 4.20. The van der Waals surface area contributed by atoms with Crippen molar-refractivity contribution in [3.8, 4) is 23.0 Å². The Kier molecular flexibility index (Phi) is 8.11. The van der Waals surface area contributed by atoms with Crippen molar-refractivity contribution < 1.29 is 0 Å². The van der Waals surface area contributed by atoms with Gasteiger partial charge >= 0.3 is 0 Å². The maximum absolute atomic E-state index is 9.64. The van der Waals surface area contributed by atoms with Crippen LogP contribution in [0.1, 0.15) is 43.6 Å². The van der Waals surface area contributed by atoms with Crippen LogP contribution in [0.3, 0.4) is 0 Å². The number of rotatable bonds is 9. The Morgan fingerprint density at radius 1 is 1.18 bits per heavy atom. The first-order valence-corrected chi connectivity index (χ1v) is 12.7. The summed E-state index contributed by atoms with van der Waals surface area (Å²) in [5.41, 5.74) is 4.56. The number of pyridine rings is 1. The maximum atomic E-state index is 9.64. The molecule has 0 aliphatic carbocycles. The fourth-order valence-corrected chi connectivity index (χ4v) is 4.86. The first kappa shape index (κ1) is 24.1. The summed E-state index contributed by atoms with van der Waals surface area (Å²) in [7, 11) is 0. The predicted molar refractivity (Wildman–Crippen MR) is 136 cm³/mol. The average molecular weight is 478 g/mol. The Morgan fingerprint density at radius 3 is 2.71 bits per heavy atom. The van der Waals surface area contributed by atoms with Gasteiger partial charge in [-0.2, -0.15) is 10.4 Å². The van der Waals surface area contributed by atoms with Crippen molar-refractivity contribution in [1.82, 2.24) is 34.4 Å². The fraction of sp³-hybridized carbons (Fsp3) is 0.458. The monoisotopic (exact) mass is 477 g/mol. The second kappa shape index (κ2) is 11.4. The minimum atomic E-state index is 0.326. The number of aromatic nitrogens is 5. The van der Waals surface area contributed by atoms with Crippen molar-refractivity contribution in [1.29, 1.82) is 5.26 Å². The zero-order valence-corrected chi connectivity index (χ0v) is 20.8. The van der Waals surface area contributed by atoms with Crippen LogP contribution in [0.15, 0.2) is 30.7 Å². The third kappa shape index (κ3) is 5.73. The molecule has 0 atom stereocenters. The van der Waals surface area contributed by atoms with Crippen LogP contribution < -0.4 is 10.6 Å². The van der Waals surface area contributed by atoms with E-state index in [9.17, 15) is 5.26 Å². The Morgan fingerprint density at radius 2 is 2.00 bits per heavy atom. The summed E-state index contributed by atoms with van der Waals surface area (Å²) in [5.74, 6) is 1.65. The van der Waals surface area contributed by atoms with Gasteiger partial charge in [-0.1, -0.05) is 25.8 Å². The lowest BCUT2D eigenvalue weighted by atomic mass is 10.1. The molecule has 178 valence electrons. The largest absolute Gasteiger partial charge is 0.351 e. The molecule has 1 aliphatic heterocycles. The van der Waals surface area contributed by atoms with Gasteiger partial charge < -0.3 is 10.6 Å². The highest BCUT2D eigenvalue weighted by Crippen LogP contribution is 2.25. The molecule has 34 heavy (non-hydrogen) atoms. The van der Waals surface area contributed by atoms with E-state index in [4.69, 9.17) is 4.98 Å². The lowest BCUT2D eigenvalue weighted by Gasteiger charge is -2.31. The van der Waals surface area contributed by atoms with Crippen molar-refractivity contribution in [2.24, 2.45) is 0 Å². The van der Waals surface area contributed by atoms with E-state index >= 15 is 0 Å². The topological polar surface area (TPSA) is 108 Å². The molecule has 0 amide bonds. The molecule has 0 bridgehead atoms. The van der Waals surface area contributed by atoms with Crippen LogP contribution in [-0.4, -0.2) is 60.5 Å². The van der Waals surface area contributed by atoms with Gasteiger partial charge in [-0.05, 0) is 38.4 Å². The van der Waals surface area contributed by atoms with Crippen molar-refractivity contribution in [3.63, 3.8) is 0 Å². The molecular weight excluding hydrogens is 446 g/mol. The van der Waals surface area contributed by atoms with Crippen LogP contribution >= 0.6 is 11.9 Å². The lowest BCUT2D eigenvalue weighted by Crippen LogP contribution is -2.36. The van der Waals surface area contributed by atoms with Gasteiger partial charge in [0.1, 0.15) is 6.07 Å². The predicted octanol–water partition coefficient (Wildman–Crippen LogP) is 3.56. The molecule has 0 spiro atoms. The van der Waals surface area contributed by atoms with E-state index in [1.807, 2.05) is 37.2 Å². The van der Waals surface area contributed by atoms with Gasteiger partial charge in [-0.3, -0.25) is 9.29 Å². The summed E-state index contributed by atoms with van der Waals surface area (Å²) in [4.78, 5) is 13.8. The van der Waals surface area contributed by atoms with E-state index < -0.39 is 0 Å². The zero-order chi connectivity index (χ0) is 23.9. The van der Waals surface area contributed by atoms with E-state index in [1.165, 1.54) is 0 Å². The molecule has 3 aromatic rings. The molecule has 1 fully saturated rings. The van der Waals surface area contributed by atoms with E-state index in [-0.39, 0.29) is 0 Å². The first-order valence-electron chi connectivity index (χ1n) is 11.8. The molecule has 3 aromatic heterocycles. The number of nitrogens with one attached hydrogen (secondary N) is 2. The number of hydrogen-bond donors (Lipinski definition) is 2. The normalized spacial score (nSPS) is 14.8. The Bertz CT molecular complexity index is 1150. The smallest absolute Gasteiger partial charge is 0.223 e. The number of nitrogens with zero attached hydrogens (tertiary/aromatic N) is 7. The quantitative estimate of drug-likeness (QED) is 0.447. The molecule has 9 nitrogen and oxygen atoms in total. The maximum Gasteiger partial charge on any atom is 0.223 e. The molecule has 1 saturated heterocycles. The van der Waals surface area contributed by atoms with E-state index in [1.54, 1.807) is 17.1 Å². The van der Waals surface area contributed by atoms with E-state index in [2.05, 4.69) is 49.9 Å². The van der Waals surface area contributed by atoms with Crippen LogP contribution in [-0.2, 0) is 6.54 Å². The van der Waals surface area contributed by atoms with Gasteiger partial charge in [-0.25, -0.2) is 14.6 Å². The highest BCUT2D eigenvalue weighted by atomic mass is 32.2. The van der Waals surface area contributed by atoms with Crippen molar-refractivity contribution >= 4 is 17.9 Å². The summed E-state index contributed by atoms with van der Waals surface area (Å²) in [6, 6.07) is 6.56. The van der Waals surface area contributed by atoms with Gasteiger partial charge in [0.15, 0.2) is 0 Å². The number of piperidine rings is 1. The standard InChI is InChI=1S/C24H31N9S/c1-4-26-15-21-6-7-22(17(3)29-21)33-16-19(14-28-33)23-18(12-25)13-27-24(31-23)30-20-8-10-32(11-9-20)34-5-2/h6-7,13-14,16,20,26H,4-5,8-11,15H2,1-3H3,(H,27,30,31). The van der Waals surface area contributed by atoms with E-state index in [0.717, 1.165) is 67.4 Å². The summed E-state index contributed by atoms with van der Waals surface area (Å²) in [5, 5.41) is 20.9. The summed E-state index contributed by atoms with van der Waals surface area (Å²) >= 11 is 1.89. The molecule has 4 heterocycles. The van der Waals surface area contributed by atoms with Crippen molar-refractivity contribution in [2.45, 2.75) is 46.2 Å². The molecule has 10 heteroatoms. The highest BCUT2D eigenvalue weighted by Gasteiger charge is 2.21. The summed E-state index contributed by atoms with van der Waals surface area (Å²) in [6.45, 7) is 9.97. The highest BCUT2D eigenvalue weighted by molar-refractivity contribution is 7.96. The summed E-state index contributed by atoms with van der Waals surface area (Å²) in [6.07, 6.45) is 7.30. The number of aryl methyl sites for hydroxylation is 1. The van der Waals surface area contributed by atoms with Gasteiger partial charge in [0.25, 0.3) is 0 Å². The van der Waals surface area contributed by atoms with Gasteiger partial charge in [0, 0.05) is 43.2 Å². The Hall–Kier alpha value is -3.00. The second-order valence-electron chi connectivity index (χ2n) is 8.19. The number of hydrogen-bond acceptors (Lipinski definition) is 9. The molecule has 0 unspecified atom stereocenters. The second-order valence-corrected chi connectivity index (χ2v) is 9.55. The SMILES string of the molecule is CCNCc1ccc(-n2cc(-c3nc(NC4CCN(SCC)CC4)ncc3C#N)cn2)c(C)n1. The fourth-order valence-electron chi connectivity index (χ4n) is 4.02. The van der Waals surface area contributed by atoms with Crippen molar-refractivity contribution in [2.75, 3.05) is 30.7 Å². The number of nitriles is 1. The average Bonchev–Trinajstić information content (AvgIpc) is 3.34. The molecule has 0 aromatic carbocycles. The molecule has 0 radical (unpaired) electrons. The Labute approximate surface area is 205 Å². The van der Waals surface area contributed by atoms with Crippen LogP contribution in [0.2, 0.25) is 0 Å². The van der Waals surface area contributed by atoms with Gasteiger partial charge in [0.05, 0.1) is 40.7 Å². The molecule has 0 saturated carbocycles. The minimum absolute atomic E-state index is 0.326. The molecular formula is C24H31N9S. The minimum Gasteiger partial charge on any atom is -0.351 e. The third-order valence-electron chi connectivity index (χ3n) is 5.78. The Balaban J connectivity index is 1.52. The lowest BCUT2D eigenvalue weighted by molar-refractivity contribution is 0.358. The van der Waals surface area contributed by atoms with Gasteiger partial charge in [-0.15, -0.1) is 0 Å². The molecule has 4 rings (SSSR count). The van der Waals surface area contributed by atoms with Crippen molar-refractivity contribution in [3.05, 3.63) is 47.7 Å². The molecule has 2 N–H and O–H groups in total. The number of anilines is 1. The van der Waals surface area contributed by atoms with E-state index in [0.29, 0.717) is 23.2 Å². The zero-order valence-electron chi connectivity index (χ0n) is 20.0. The third-order valence-corrected chi connectivity index (χ3v) is 6.77. The first-order chi connectivity index (χ1) is 16.6. The van der Waals surface area contributed by atoms with Crippen LogP contribution in [0.5, 0.6) is 0 Å².